The number of benzene rings is 1. The van der Waals surface area contributed by atoms with Crippen LogP contribution in [0.5, 0.6) is 11.6 Å². The Hall–Kier alpha value is -0.840. The molecule has 88 valence electrons. The van der Waals surface area contributed by atoms with Crippen LogP contribution in [-0.4, -0.2) is 9.97 Å². The third-order valence-electron chi connectivity index (χ3n) is 2.06. The number of hydrogen-bond acceptors (Lipinski definition) is 3. The normalized spacial score (nSPS) is 10.4. The molecule has 1 aromatic carbocycles. The van der Waals surface area contributed by atoms with Gasteiger partial charge in [-0.25, -0.2) is 9.97 Å². The van der Waals surface area contributed by atoms with Crippen molar-refractivity contribution in [3.8, 4) is 11.6 Å². The molecule has 0 unspecified atom stereocenters. The summed E-state index contributed by atoms with van der Waals surface area (Å²) in [4.78, 5) is 7.81. The highest BCUT2D eigenvalue weighted by atomic mass is 79.9. The summed E-state index contributed by atoms with van der Waals surface area (Å²) in [6.45, 7) is 1.90. The minimum absolute atomic E-state index is 0.306. The van der Waals surface area contributed by atoms with Crippen LogP contribution in [0.15, 0.2) is 29.0 Å². The van der Waals surface area contributed by atoms with Crippen LogP contribution in [0, 0.1) is 6.92 Å². The van der Waals surface area contributed by atoms with Crippen LogP contribution in [0.4, 0.5) is 0 Å². The minimum atomic E-state index is 0.306. The Kier molecular flexibility index (Phi) is 3.86. The highest BCUT2D eigenvalue weighted by molar-refractivity contribution is 9.10. The molecule has 1 heterocycles. The molecule has 2 aromatic rings. The molecular weight excluding hydrogens is 327 g/mol. The third kappa shape index (κ3) is 2.89. The number of nitrogens with zero attached hydrogens (tertiary/aromatic N) is 2. The molecule has 0 bridgehead atoms. The van der Waals surface area contributed by atoms with Gasteiger partial charge in [-0.15, -0.1) is 0 Å². The predicted molar refractivity (Wildman–Crippen MR) is 71.0 cm³/mol. The lowest BCUT2D eigenvalue weighted by atomic mass is 10.2. The van der Waals surface area contributed by atoms with E-state index in [2.05, 4.69) is 25.9 Å². The van der Waals surface area contributed by atoms with Crippen molar-refractivity contribution in [1.82, 2.24) is 9.97 Å². The number of aromatic nitrogens is 2. The van der Waals surface area contributed by atoms with Gasteiger partial charge in [0.05, 0.1) is 0 Å². The fourth-order valence-corrected chi connectivity index (χ4v) is 1.72. The Morgan fingerprint density at radius 2 is 2.00 bits per heavy atom. The number of ether oxygens (including phenoxy) is 1. The SMILES string of the molecule is Cc1cc(Oc2ncnc(Cl)c2Br)ccc1Cl. The summed E-state index contributed by atoms with van der Waals surface area (Å²) in [6.07, 6.45) is 1.34. The van der Waals surface area contributed by atoms with Gasteiger partial charge in [0.15, 0.2) is 5.15 Å². The van der Waals surface area contributed by atoms with Gasteiger partial charge in [0.1, 0.15) is 16.5 Å². The van der Waals surface area contributed by atoms with Crippen LogP contribution < -0.4 is 4.74 Å². The molecule has 3 nitrogen and oxygen atoms in total. The first-order valence-corrected chi connectivity index (χ1v) is 6.23. The van der Waals surface area contributed by atoms with Crippen LogP contribution in [0.3, 0.4) is 0 Å². The van der Waals surface area contributed by atoms with Gasteiger partial charge in [0.2, 0.25) is 5.88 Å². The molecule has 0 atom stereocenters. The maximum Gasteiger partial charge on any atom is 0.238 e. The second-order valence-electron chi connectivity index (χ2n) is 3.30. The summed E-state index contributed by atoms with van der Waals surface area (Å²) >= 11 is 15.0. The lowest BCUT2D eigenvalue weighted by Gasteiger charge is -2.07. The highest BCUT2D eigenvalue weighted by Gasteiger charge is 2.09. The fourth-order valence-electron chi connectivity index (χ4n) is 1.20. The lowest BCUT2D eigenvalue weighted by molar-refractivity contribution is 0.458. The van der Waals surface area contributed by atoms with Crippen molar-refractivity contribution in [2.45, 2.75) is 6.92 Å². The average Bonchev–Trinajstić information content (AvgIpc) is 2.30. The number of rotatable bonds is 2. The van der Waals surface area contributed by atoms with Crippen LogP contribution in [0.1, 0.15) is 5.56 Å². The van der Waals surface area contributed by atoms with E-state index in [1.165, 1.54) is 6.33 Å². The second kappa shape index (κ2) is 5.21. The third-order valence-corrected chi connectivity index (χ3v) is 3.71. The Morgan fingerprint density at radius 1 is 1.24 bits per heavy atom. The van der Waals surface area contributed by atoms with Crippen molar-refractivity contribution in [3.05, 3.63) is 44.7 Å². The van der Waals surface area contributed by atoms with E-state index in [1.807, 2.05) is 13.0 Å². The Morgan fingerprint density at radius 3 is 2.71 bits per heavy atom. The summed E-state index contributed by atoms with van der Waals surface area (Å²) in [7, 11) is 0. The first-order valence-electron chi connectivity index (χ1n) is 4.68. The quantitative estimate of drug-likeness (QED) is 0.750. The first kappa shape index (κ1) is 12.6. The Labute approximate surface area is 117 Å². The number of aryl methyl sites for hydroxylation is 1. The lowest BCUT2D eigenvalue weighted by Crippen LogP contribution is -1.91. The van der Waals surface area contributed by atoms with Crippen molar-refractivity contribution < 1.29 is 4.74 Å². The van der Waals surface area contributed by atoms with Gasteiger partial charge < -0.3 is 4.74 Å². The van der Waals surface area contributed by atoms with Crippen molar-refractivity contribution in [2.24, 2.45) is 0 Å². The predicted octanol–water partition coefficient (Wildman–Crippen LogP) is 4.65. The molecule has 0 saturated heterocycles. The van der Waals surface area contributed by atoms with Crippen LogP contribution >= 0.6 is 39.1 Å². The fraction of sp³-hybridized carbons (Fsp3) is 0.0909. The summed E-state index contributed by atoms with van der Waals surface area (Å²) in [5.41, 5.74) is 0.931. The van der Waals surface area contributed by atoms with E-state index in [9.17, 15) is 0 Å². The van der Waals surface area contributed by atoms with Gasteiger partial charge >= 0.3 is 0 Å². The summed E-state index contributed by atoms with van der Waals surface area (Å²) in [5.74, 6) is 1.01. The van der Waals surface area contributed by atoms with Gasteiger partial charge in [0, 0.05) is 5.02 Å². The molecule has 0 aliphatic rings. The number of halogens is 3. The molecule has 0 fully saturated rings. The summed E-state index contributed by atoms with van der Waals surface area (Å²) < 4.78 is 6.11. The van der Waals surface area contributed by atoms with Gasteiger partial charge in [-0.3, -0.25) is 0 Å². The monoisotopic (exact) mass is 332 g/mol. The Bertz CT molecular complexity index is 563. The van der Waals surface area contributed by atoms with Crippen molar-refractivity contribution in [3.63, 3.8) is 0 Å². The molecule has 0 N–H and O–H groups in total. The van der Waals surface area contributed by atoms with Crippen LogP contribution in [0.25, 0.3) is 0 Å². The maximum atomic E-state index is 5.93. The van der Waals surface area contributed by atoms with E-state index in [1.54, 1.807) is 12.1 Å². The minimum Gasteiger partial charge on any atom is -0.438 e. The van der Waals surface area contributed by atoms with Crippen molar-refractivity contribution in [1.29, 1.82) is 0 Å². The first-order chi connectivity index (χ1) is 8.08. The van der Waals surface area contributed by atoms with E-state index in [4.69, 9.17) is 27.9 Å². The zero-order valence-electron chi connectivity index (χ0n) is 8.75. The van der Waals surface area contributed by atoms with Gasteiger partial charge in [-0.1, -0.05) is 23.2 Å². The molecule has 1 aromatic heterocycles. The van der Waals surface area contributed by atoms with E-state index in [-0.39, 0.29) is 0 Å². The van der Waals surface area contributed by atoms with E-state index in [0.29, 0.717) is 26.3 Å². The molecule has 6 heteroatoms. The molecule has 0 saturated carbocycles. The zero-order valence-corrected chi connectivity index (χ0v) is 11.8. The van der Waals surface area contributed by atoms with Crippen LogP contribution in [0.2, 0.25) is 10.2 Å². The van der Waals surface area contributed by atoms with E-state index in [0.717, 1.165) is 5.56 Å². The van der Waals surface area contributed by atoms with E-state index < -0.39 is 0 Å². The van der Waals surface area contributed by atoms with Gasteiger partial charge in [-0.05, 0) is 46.6 Å². The number of hydrogen-bond donors (Lipinski definition) is 0. The second-order valence-corrected chi connectivity index (χ2v) is 4.85. The van der Waals surface area contributed by atoms with Crippen LogP contribution in [-0.2, 0) is 0 Å². The van der Waals surface area contributed by atoms with Gasteiger partial charge in [-0.2, -0.15) is 0 Å². The molecule has 0 aliphatic heterocycles. The van der Waals surface area contributed by atoms with Crippen molar-refractivity contribution >= 4 is 39.1 Å². The largest absolute Gasteiger partial charge is 0.438 e. The zero-order chi connectivity index (χ0) is 12.4. The maximum absolute atomic E-state index is 5.93. The molecule has 0 amide bonds. The molecule has 0 radical (unpaired) electrons. The molecule has 0 aliphatic carbocycles. The molecular formula is C11H7BrCl2N2O. The van der Waals surface area contributed by atoms with E-state index >= 15 is 0 Å². The standard InChI is InChI=1S/C11H7BrCl2N2O/c1-6-4-7(2-3-8(6)13)17-11-9(12)10(14)15-5-16-11/h2-5H,1H3. The molecule has 2 rings (SSSR count). The molecule has 0 spiro atoms. The molecule has 17 heavy (non-hydrogen) atoms. The Balaban J connectivity index is 2.31. The smallest absolute Gasteiger partial charge is 0.238 e. The highest BCUT2D eigenvalue weighted by Crippen LogP contribution is 2.32. The summed E-state index contributed by atoms with van der Waals surface area (Å²) in [5, 5.41) is 0.998. The summed E-state index contributed by atoms with van der Waals surface area (Å²) in [6, 6.07) is 5.35. The van der Waals surface area contributed by atoms with Crippen molar-refractivity contribution in [2.75, 3.05) is 0 Å². The topological polar surface area (TPSA) is 35.0 Å². The van der Waals surface area contributed by atoms with Gasteiger partial charge in [0.25, 0.3) is 0 Å². The average molecular weight is 334 g/mol.